The molecule has 0 saturated heterocycles. The number of hydrogen-bond donors (Lipinski definition) is 1. The lowest BCUT2D eigenvalue weighted by Crippen LogP contribution is -2.53. The summed E-state index contributed by atoms with van der Waals surface area (Å²) in [5, 5.41) is 14.3. The predicted molar refractivity (Wildman–Crippen MR) is 161 cm³/mol. The van der Waals surface area contributed by atoms with Crippen molar-refractivity contribution in [2.45, 2.75) is 32.9 Å². The van der Waals surface area contributed by atoms with Crippen molar-refractivity contribution in [3.63, 3.8) is 0 Å². The van der Waals surface area contributed by atoms with E-state index in [1.807, 2.05) is 13.8 Å². The van der Waals surface area contributed by atoms with Crippen LogP contribution in [-0.2, 0) is 32.6 Å². The van der Waals surface area contributed by atoms with Crippen LogP contribution < -0.4 is 14.4 Å². The van der Waals surface area contributed by atoms with Crippen LogP contribution in [0.2, 0.25) is 0 Å². The molecule has 13 heteroatoms. The Balaban J connectivity index is 2.13. The number of non-ortho nitro benzene ring substituents is 1. The molecule has 1 atom stereocenters. The molecule has 0 saturated carbocycles. The van der Waals surface area contributed by atoms with Gasteiger partial charge in [-0.15, -0.1) is 0 Å². The van der Waals surface area contributed by atoms with Crippen molar-refractivity contribution >= 4 is 33.2 Å². The fraction of sp³-hybridized carbons (Fsp3) is 0.333. The average molecular weight is 615 g/mol. The third-order valence-corrected chi connectivity index (χ3v) is 7.70. The SMILES string of the molecule is COc1ccc([N+](=O)[O-])cc1N(CC(=O)N(Cc1ccccc1F)C(Cc1ccccc1)C(=O)NCC(C)C)S(C)(=O)=O. The van der Waals surface area contributed by atoms with Gasteiger partial charge >= 0.3 is 0 Å². The van der Waals surface area contributed by atoms with Crippen molar-refractivity contribution < 1.29 is 32.1 Å². The van der Waals surface area contributed by atoms with Crippen LogP contribution in [0.1, 0.15) is 25.0 Å². The van der Waals surface area contributed by atoms with Gasteiger partial charge in [-0.1, -0.05) is 62.4 Å². The van der Waals surface area contributed by atoms with E-state index in [0.29, 0.717) is 10.8 Å². The molecule has 0 bridgehead atoms. The molecule has 0 spiro atoms. The maximum atomic E-state index is 14.9. The fourth-order valence-electron chi connectivity index (χ4n) is 4.37. The highest BCUT2D eigenvalue weighted by Crippen LogP contribution is 2.34. The van der Waals surface area contributed by atoms with Gasteiger partial charge in [0.1, 0.15) is 29.8 Å². The minimum absolute atomic E-state index is 0.0278. The Bertz CT molecular complexity index is 1550. The molecule has 11 nitrogen and oxygen atoms in total. The minimum atomic E-state index is -4.22. The third-order valence-electron chi connectivity index (χ3n) is 6.58. The highest BCUT2D eigenvalue weighted by molar-refractivity contribution is 7.92. The Morgan fingerprint density at radius 3 is 2.28 bits per heavy atom. The van der Waals surface area contributed by atoms with Gasteiger partial charge in [-0.25, -0.2) is 12.8 Å². The minimum Gasteiger partial charge on any atom is -0.495 e. The van der Waals surface area contributed by atoms with Crippen LogP contribution in [-0.4, -0.2) is 62.6 Å². The smallest absolute Gasteiger partial charge is 0.271 e. The van der Waals surface area contributed by atoms with Crippen LogP contribution in [0.5, 0.6) is 5.75 Å². The van der Waals surface area contributed by atoms with Crippen LogP contribution >= 0.6 is 0 Å². The van der Waals surface area contributed by atoms with E-state index >= 15 is 0 Å². The molecule has 0 aliphatic rings. The number of carbonyl (C=O) groups is 2. The maximum absolute atomic E-state index is 14.9. The zero-order valence-electron chi connectivity index (χ0n) is 24.4. The Morgan fingerprint density at radius 2 is 1.70 bits per heavy atom. The Morgan fingerprint density at radius 1 is 1.05 bits per heavy atom. The summed E-state index contributed by atoms with van der Waals surface area (Å²) in [6.07, 6.45) is 0.903. The van der Waals surface area contributed by atoms with Crippen LogP contribution in [0.4, 0.5) is 15.8 Å². The number of benzene rings is 3. The number of ether oxygens (including phenoxy) is 1. The summed E-state index contributed by atoms with van der Waals surface area (Å²) < 4.78 is 46.8. The largest absolute Gasteiger partial charge is 0.495 e. The lowest BCUT2D eigenvalue weighted by molar-refractivity contribution is -0.384. The number of anilines is 1. The first kappa shape index (κ1) is 33.0. The number of sulfonamides is 1. The van der Waals surface area contributed by atoms with E-state index in [1.165, 1.54) is 31.4 Å². The van der Waals surface area contributed by atoms with Crippen molar-refractivity contribution in [1.82, 2.24) is 10.2 Å². The van der Waals surface area contributed by atoms with Crippen molar-refractivity contribution in [3.8, 4) is 5.75 Å². The summed E-state index contributed by atoms with van der Waals surface area (Å²) >= 11 is 0. The molecule has 0 aliphatic heterocycles. The number of nitro groups is 1. The van der Waals surface area contributed by atoms with Crippen LogP contribution in [0, 0.1) is 21.8 Å². The zero-order valence-corrected chi connectivity index (χ0v) is 25.2. The number of halogens is 1. The first-order valence-corrected chi connectivity index (χ1v) is 15.3. The standard InChI is InChI=1S/C30H35FN4O7S/c1-21(2)18-32-30(37)27(16-22-10-6-5-7-11-22)33(19-23-12-8-9-13-25(23)31)29(36)20-34(43(4,40)41)26-17-24(35(38)39)14-15-28(26)42-3/h5-15,17,21,27H,16,18-20H2,1-4H3,(H,32,37). The van der Waals surface area contributed by atoms with E-state index < -0.39 is 50.9 Å². The number of methoxy groups -OCH3 is 1. The van der Waals surface area contributed by atoms with E-state index in [2.05, 4.69) is 5.32 Å². The number of nitro benzene ring substituents is 1. The number of hydrogen-bond acceptors (Lipinski definition) is 7. The molecule has 0 heterocycles. The second kappa shape index (κ2) is 14.6. The van der Waals surface area contributed by atoms with Crippen LogP contribution in [0.15, 0.2) is 72.8 Å². The van der Waals surface area contributed by atoms with E-state index in [9.17, 15) is 32.5 Å². The number of nitrogens with one attached hydrogen (secondary N) is 1. The molecular weight excluding hydrogens is 579 g/mol. The van der Waals surface area contributed by atoms with Gasteiger partial charge < -0.3 is 15.0 Å². The third kappa shape index (κ3) is 8.98. The average Bonchev–Trinajstić information content (AvgIpc) is 2.96. The van der Waals surface area contributed by atoms with Gasteiger partial charge in [0.15, 0.2) is 0 Å². The Hall–Kier alpha value is -4.52. The van der Waals surface area contributed by atoms with Crippen molar-refractivity contribution in [2.24, 2.45) is 5.92 Å². The first-order valence-electron chi connectivity index (χ1n) is 13.5. The molecule has 0 radical (unpaired) electrons. The predicted octanol–water partition coefficient (Wildman–Crippen LogP) is 3.92. The second-order valence-corrected chi connectivity index (χ2v) is 12.2. The number of carbonyl (C=O) groups excluding carboxylic acids is 2. The van der Waals surface area contributed by atoms with Gasteiger partial charge in [0.05, 0.1) is 18.3 Å². The van der Waals surface area contributed by atoms with Crippen molar-refractivity contribution in [1.29, 1.82) is 0 Å². The lowest BCUT2D eigenvalue weighted by atomic mass is 10.0. The molecule has 1 unspecified atom stereocenters. The van der Waals surface area contributed by atoms with Gasteiger partial charge in [0.2, 0.25) is 21.8 Å². The van der Waals surface area contributed by atoms with E-state index in [1.54, 1.807) is 36.4 Å². The number of rotatable bonds is 14. The molecule has 0 fully saturated rings. The summed E-state index contributed by atoms with van der Waals surface area (Å²) in [6.45, 7) is 2.94. The number of amides is 2. The Kier molecular flexibility index (Phi) is 11.2. The monoisotopic (exact) mass is 614 g/mol. The lowest BCUT2D eigenvalue weighted by Gasteiger charge is -2.34. The van der Waals surface area contributed by atoms with Crippen LogP contribution in [0.3, 0.4) is 0 Å². The summed E-state index contributed by atoms with van der Waals surface area (Å²) in [4.78, 5) is 39.7. The fourth-order valence-corrected chi connectivity index (χ4v) is 5.21. The Labute approximate surface area is 250 Å². The summed E-state index contributed by atoms with van der Waals surface area (Å²) in [6, 6.07) is 16.9. The van der Waals surface area contributed by atoms with Gasteiger partial charge in [-0.3, -0.25) is 24.0 Å². The van der Waals surface area contributed by atoms with E-state index in [0.717, 1.165) is 28.9 Å². The molecule has 0 aliphatic carbocycles. The molecule has 1 N–H and O–H groups in total. The summed E-state index contributed by atoms with van der Waals surface area (Å²) in [7, 11) is -2.96. The van der Waals surface area contributed by atoms with Gasteiger partial charge in [-0.2, -0.15) is 0 Å². The molecule has 3 aromatic carbocycles. The molecule has 230 valence electrons. The topological polar surface area (TPSA) is 139 Å². The molecule has 43 heavy (non-hydrogen) atoms. The number of nitrogens with zero attached hydrogens (tertiary/aromatic N) is 3. The molecular formula is C30H35FN4O7S. The maximum Gasteiger partial charge on any atom is 0.271 e. The van der Waals surface area contributed by atoms with Crippen LogP contribution in [0.25, 0.3) is 0 Å². The van der Waals surface area contributed by atoms with Gasteiger partial charge in [0, 0.05) is 37.2 Å². The normalized spacial score (nSPS) is 12.0. The molecule has 0 aromatic heterocycles. The van der Waals surface area contributed by atoms with Gasteiger partial charge in [-0.05, 0) is 23.6 Å². The van der Waals surface area contributed by atoms with Crippen molar-refractivity contribution in [2.75, 3.05) is 30.8 Å². The molecule has 2 amide bonds. The second-order valence-electron chi connectivity index (χ2n) is 10.3. The van der Waals surface area contributed by atoms with E-state index in [4.69, 9.17) is 4.74 Å². The van der Waals surface area contributed by atoms with E-state index in [-0.39, 0.29) is 35.9 Å². The highest BCUT2D eigenvalue weighted by atomic mass is 32.2. The van der Waals surface area contributed by atoms with Gasteiger partial charge in [0.25, 0.3) is 5.69 Å². The molecule has 3 rings (SSSR count). The quantitative estimate of drug-likeness (QED) is 0.215. The summed E-state index contributed by atoms with van der Waals surface area (Å²) in [5.41, 5.74) is 0.181. The molecule has 3 aromatic rings. The summed E-state index contributed by atoms with van der Waals surface area (Å²) in [5.74, 6) is -1.87. The highest BCUT2D eigenvalue weighted by Gasteiger charge is 2.34. The zero-order chi connectivity index (χ0) is 31.7. The first-order chi connectivity index (χ1) is 20.3. The van der Waals surface area contributed by atoms with Crippen molar-refractivity contribution in [3.05, 3.63) is 99.9 Å².